The fraction of sp³-hybridized carbons (Fsp3) is 0.111. The molecule has 3 rings (SSSR count). The van der Waals surface area contributed by atoms with Gasteiger partial charge in [0.2, 0.25) is 0 Å². The molecule has 2 N–H and O–H groups in total. The number of anilines is 1. The molecule has 0 atom stereocenters. The van der Waals surface area contributed by atoms with Gasteiger partial charge >= 0.3 is 5.97 Å². The number of aromatic nitrogens is 1. The summed E-state index contributed by atoms with van der Waals surface area (Å²) < 4.78 is 19.5. The molecule has 0 aliphatic rings. The molecule has 116 valence electrons. The average molecular weight is 310 g/mol. The van der Waals surface area contributed by atoms with Gasteiger partial charge in [-0.3, -0.25) is 4.98 Å². The Hall–Kier alpha value is -2.95. The molecule has 1 heterocycles. The standard InChI is InChI=1S/C18H15FN2O2/c1-2-23-18(22)14-10-21-17(15(19)16(14)20)13-9-5-7-11-6-3-4-8-12(11)13/h3-10H,2H2,1H3,(H2,20,21). The van der Waals surface area contributed by atoms with Crippen LogP contribution >= 0.6 is 0 Å². The Balaban J connectivity index is 2.17. The Morgan fingerprint density at radius 3 is 2.74 bits per heavy atom. The molecule has 2 aromatic carbocycles. The van der Waals surface area contributed by atoms with Gasteiger partial charge in [0.25, 0.3) is 0 Å². The summed E-state index contributed by atoms with van der Waals surface area (Å²) in [5.41, 5.74) is 6.22. The van der Waals surface area contributed by atoms with E-state index in [2.05, 4.69) is 4.98 Å². The summed E-state index contributed by atoms with van der Waals surface area (Å²) in [5.74, 6) is -1.40. The van der Waals surface area contributed by atoms with Crippen molar-refractivity contribution in [3.05, 3.63) is 60.0 Å². The van der Waals surface area contributed by atoms with E-state index in [0.29, 0.717) is 5.56 Å². The molecule has 0 aliphatic carbocycles. The molecule has 0 bridgehead atoms. The van der Waals surface area contributed by atoms with Crippen LogP contribution in [-0.4, -0.2) is 17.6 Å². The van der Waals surface area contributed by atoms with Gasteiger partial charge in [-0.1, -0.05) is 42.5 Å². The highest BCUT2D eigenvalue weighted by Crippen LogP contribution is 2.32. The zero-order valence-corrected chi connectivity index (χ0v) is 12.5. The summed E-state index contributed by atoms with van der Waals surface area (Å²) in [7, 11) is 0. The molecule has 0 spiro atoms. The first-order chi connectivity index (χ1) is 11.1. The van der Waals surface area contributed by atoms with Crippen LogP contribution in [0.2, 0.25) is 0 Å². The first-order valence-corrected chi connectivity index (χ1v) is 7.22. The topological polar surface area (TPSA) is 65.2 Å². The number of rotatable bonds is 3. The van der Waals surface area contributed by atoms with E-state index in [4.69, 9.17) is 10.5 Å². The normalized spacial score (nSPS) is 10.7. The van der Waals surface area contributed by atoms with Crippen molar-refractivity contribution in [2.24, 2.45) is 0 Å². The van der Waals surface area contributed by atoms with Crippen molar-refractivity contribution in [2.75, 3.05) is 12.3 Å². The number of halogens is 1. The van der Waals surface area contributed by atoms with Crippen LogP contribution in [0.5, 0.6) is 0 Å². The number of fused-ring (bicyclic) bond motifs is 1. The van der Waals surface area contributed by atoms with Crippen LogP contribution in [0.3, 0.4) is 0 Å². The Bertz CT molecular complexity index is 888. The summed E-state index contributed by atoms with van der Waals surface area (Å²) >= 11 is 0. The van der Waals surface area contributed by atoms with Crippen molar-refractivity contribution in [3.8, 4) is 11.3 Å². The number of ether oxygens (including phenoxy) is 1. The SMILES string of the molecule is CCOC(=O)c1cnc(-c2cccc3ccccc23)c(F)c1N. The molecule has 5 heteroatoms. The van der Waals surface area contributed by atoms with E-state index in [0.717, 1.165) is 10.8 Å². The van der Waals surface area contributed by atoms with E-state index in [9.17, 15) is 9.18 Å². The molecule has 0 aliphatic heterocycles. The number of carbonyl (C=O) groups is 1. The number of benzene rings is 2. The van der Waals surface area contributed by atoms with E-state index in [-0.39, 0.29) is 23.6 Å². The predicted octanol–water partition coefficient (Wildman–Crippen LogP) is 3.80. The van der Waals surface area contributed by atoms with Gasteiger partial charge in [0.15, 0.2) is 5.82 Å². The molecule has 1 aromatic heterocycles. The molecule has 0 amide bonds. The number of hydrogen-bond acceptors (Lipinski definition) is 4. The highest BCUT2D eigenvalue weighted by molar-refractivity contribution is 5.99. The summed E-state index contributed by atoms with van der Waals surface area (Å²) in [4.78, 5) is 15.9. The molecule has 0 fully saturated rings. The number of nitrogen functional groups attached to an aromatic ring is 1. The van der Waals surface area contributed by atoms with Crippen LogP contribution in [0.25, 0.3) is 22.0 Å². The Morgan fingerprint density at radius 2 is 1.96 bits per heavy atom. The van der Waals surface area contributed by atoms with Gasteiger partial charge in [-0.15, -0.1) is 0 Å². The van der Waals surface area contributed by atoms with Crippen LogP contribution in [0.4, 0.5) is 10.1 Å². The maximum Gasteiger partial charge on any atom is 0.341 e. The monoisotopic (exact) mass is 310 g/mol. The number of hydrogen-bond donors (Lipinski definition) is 1. The Kier molecular flexibility index (Phi) is 3.93. The molecule has 0 saturated carbocycles. The lowest BCUT2D eigenvalue weighted by molar-refractivity contribution is 0.0526. The summed E-state index contributed by atoms with van der Waals surface area (Å²) in [6, 6.07) is 13.2. The highest BCUT2D eigenvalue weighted by atomic mass is 19.1. The molecule has 4 nitrogen and oxygen atoms in total. The third-order valence-corrected chi connectivity index (χ3v) is 3.60. The minimum absolute atomic E-state index is 0.0617. The second kappa shape index (κ2) is 6.04. The first kappa shape index (κ1) is 15.0. The van der Waals surface area contributed by atoms with Crippen LogP contribution in [0.15, 0.2) is 48.7 Å². The fourth-order valence-corrected chi connectivity index (χ4v) is 2.49. The first-order valence-electron chi connectivity index (χ1n) is 7.22. The van der Waals surface area contributed by atoms with E-state index < -0.39 is 11.8 Å². The molecule has 0 saturated heterocycles. The number of pyridine rings is 1. The third kappa shape index (κ3) is 2.61. The van der Waals surface area contributed by atoms with Gasteiger partial charge in [-0.05, 0) is 17.7 Å². The average Bonchev–Trinajstić information content (AvgIpc) is 2.57. The van der Waals surface area contributed by atoms with Crippen molar-refractivity contribution in [3.63, 3.8) is 0 Å². The molecule has 3 aromatic rings. The van der Waals surface area contributed by atoms with E-state index >= 15 is 0 Å². The maximum atomic E-state index is 14.7. The summed E-state index contributed by atoms with van der Waals surface area (Å²) in [6.45, 7) is 1.85. The second-order valence-electron chi connectivity index (χ2n) is 5.00. The lowest BCUT2D eigenvalue weighted by atomic mass is 10.0. The fourth-order valence-electron chi connectivity index (χ4n) is 2.49. The predicted molar refractivity (Wildman–Crippen MR) is 87.5 cm³/mol. The van der Waals surface area contributed by atoms with Crippen molar-refractivity contribution >= 4 is 22.4 Å². The maximum absolute atomic E-state index is 14.7. The number of nitrogens with two attached hydrogens (primary N) is 1. The van der Waals surface area contributed by atoms with Gasteiger partial charge in [-0.2, -0.15) is 0 Å². The van der Waals surface area contributed by atoms with E-state index in [1.807, 2.05) is 36.4 Å². The van der Waals surface area contributed by atoms with Crippen LogP contribution in [0, 0.1) is 5.82 Å². The van der Waals surface area contributed by atoms with Crippen LogP contribution in [0.1, 0.15) is 17.3 Å². The lowest BCUT2D eigenvalue weighted by Crippen LogP contribution is -2.11. The van der Waals surface area contributed by atoms with E-state index in [1.54, 1.807) is 13.0 Å². The van der Waals surface area contributed by atoms with Gasteiger partial charge < -0.3 is 10.5 Å². The quantitative estimate of drug-likeness (QED) is 0.747. The number of esters is 1. The third-order valence-electron chi connectivity index (χ3n) is 3.60. The molecule has 0 radical (unpaired) electrons. The minimum atomic E-state index is -0.716. The van der Waals surface area contributed by atoms with Gasteiger partial charge in [-0.25, -0.2) is 9.18 Å². The van der Waals surface area contributed by atoms with Crippen molar-refractivity contribution in [1.82, 2.24) is 4.98 Å². The van der Waals surface area contributed by atoms with Crippen LogP contribution < -0.4 is 5.73 Å². The number of carbonyl (C=O) groups excluding carboxylic acids is 1. The molecule has 0 unspecified atom stereocenters. The van der Waals surface area contributed by atoms with Crippen LogP contribution in [-0.2, 0) is 4.74 Å². The highest BCUT2D eigenvalue weighted by Gasteiger charge is 2.20. The van der Waals surface area contributed by atoms with Gasteiger partial charge in [0, 0.05) is 11.8 Å². The molecular formula is C18H15FN2O2. The minimum Gasteiger partial charge on any atom is -0.462 e. The Labute approximate surface area is 132 Å². The van der Waals surface area contributed by atoms with Gasteiger partial charge in [0.1, 0.15) is 11.3 Å². The van der Waals surface area contributed by atoms with Gasteiger partial charge in [0.05, 0.1) is 12.3 Å². The Morgan fingerprint density at radius 1 is 1.22 bits per heavy atom. The summed E-state index contributed by atoms with van der Waals surface area (Å²) in [5, 5.41) is 1.84. The second-order valence-corrected chi connectivity index (χ2v) is 5.00. The number of nitrogens with zero attached hydrogens (tertiary/aromatic N) is 1. The lowest BCUT2D eigenvalue weighted by Gasteiger charge is -2.11. The molecular weight excluding hydrogens is 295 g/mol. The smallest absolute Gasteiger partial charge is 0.341 e. The van der Waals surface area contributed by atoms with Crippen molar-refractivity contribution in [1.29, 1.82) is 0 Å². The zero-order valence-electron chi connectivity index (χ0n) is 12.5. The zero-order chi connectivity index (χ0) is 16.4. The van der Waals surface area contributed by atoms with Crippen molar-refractivity contribution in [2.45, 2.75) is 6.92 Å². The van der Waals surface area contributed by atoms with E-state index in [1.165, 1.54) is 6.20 Å². The van der Waals surface area contributed by atoms with Crippen molar-refractivity contribution < 1.29 is 13.9 Å². The largest absolute Gasteiger partial charge is 0.462 e. The molecule has 23 heavy (non-hydrogen) atoms. The summed E-state index contributed by atoms with van der Waals surface area (Å²) in [6.07, 6.45) is 1.26.